The fourth-order valence-corrected chi connectivity index (χ4v) is 5.40. The predicted octanol–water partition coefficient (Wildman–Crippen LogP) is 4.48. The van der Waals surface area contributed by atoms with E-state index < -0.39 is 5.60 Å². The van der Waals surface area contributed by atoms with Crippen LogP contribution in [0.5, 0.6) is 0 Å². The van der Waals surface area contributed by atoms with Crippen molar-refractivity contribution in [2.75, 3.05) is 0 Å². The maximum atomic E-state index is 11.0. The highest BCUT2D eigenvalue weighted by atomic mass is 16.3. The number of benzene rings is 1. The van der Waals surface area contributed by atoms with Crippen LogP contribution < -0.4 is 0 Å². The van der Waals surface area contributed by atoms with Crippen LogP contribution >= 0.6 is 0 Å². The first-order valence-corrected chi connectivity index (χ1v) is 9.87. The normalized spacial score (nSPS) is 31.9. The van der Waals surface area contributed by atoms with Gasteiger partial charge in [0, 0.05) is 11.1 Å². The second kappa shape index (κ2) is 6.28. The van der Waals surface area contributed by atoms with Crippen LogP contribution in [-0.4, -0.2) is 20.9 Å². The highest BCUT2D eigenvalue weighted by Gasteiger charge is 2.51. The summed E-state index contributed by atoms with van der Waals surface area (Å²) in [5.74, 6) is 0.510. The number of fused-ring (bicyclic) bond motifs is 3. The zero-order chi connectivity index (χ0) is 17.5. The molecule has 0 bridgehead atoms. The molecule has 0 unspecified atom stereocenters. The number of aromatic nitrogens is 2. The fraction of sp³-hybridized carbons (Fsp3) is 0.591. The molecule has 0 saturated heterocycles. The minimum absolute atomic E-state index is 0.0688. The molecule has 1 saturated carbocycles. The lowest BCUT2D eigenvalue weighted by Gasteiger charge is -2.49. The molecule has 0 amide bonds. The quantitative estimate of drug-likeness (QED) is 0.867. The van der Waals surface area contributed by atoms with Crippen molar-refractivity contribution in [3.8, 4) is 0 Å². The van der Waals surface area contributed by atoms with E-state index in [1.165, 1.54) is 35.4 Å². The summed E-state index contributed by atoms with van der Waals surface area (Å²) in [7, 11) is 0. The third-order valence-electron chi connectivity index (χ3n) is 6.99. The Morgan fingerprint density at radius 2 is 2.04 bits per heavy atom. The fourth-order valence-electron chi connectivity index (χ4n) is 5.40. The van der Waals surface area contributed by atoms with Gasteiger partial charge in [-0.2, -0.15) is 5.10 Å². The summed E-state index contributed by atoms with van der Waals surface area (Å²) in [6.07, 6.45) is 8.26. The Morgan fingerprint density at radius 3 is 2.80 bits per heavy atom. The summed E-state index contributed by atoms with van der Waals surface area (Å²) in [5.41, 5.74) is 4.96. The average Bonchev–Trinajstić information content (AvgIpc) is 2.92. The zero-order valence-electron chi connectivity index (χ0n) is 15.5. The molecule has 25 heavy (non-hydrogen) atoms. The highest BCUT2D eigenvalue weighted by Crippen LogP contribution is 2.53. The number of aliphatic hydroxyl groups is 1. The van der Waals surface area contributed by atoms with Gasteiger partial charge < -0.3 is 5.11 Å². The van der Waals surface area contributed by atoms with Gasteiger partial charge >= 0.3 is 0 Å². The van der Waals surface area contributed by atoms with Gasteiger partial charge in [0.15, 0.2) is 0 Å². The number of aromatic amines is 1. The minimum Gasteiger partial charge on any atom is -0.390 e. The van der Waals surface area contributed by atoms with Crippen LogP contribution in [-0.2, 0) is 18.3 Å². The van der Waals surface area contributed by atoms with Crippen molar-refractivity contribution in [1.82, 2.24) is 10.2 Å². The van der Waals surface area contributed by atoms with Crippen LogP contribution in [0.1, 0.15) is 68.0 Å². The molecule has 4 rings (SSSR count). The molecule has 1 fully saturated rings. The SMILES string of the molecule is CC[C@]1(O)CC[C@]2(Cc3ccccc3)c3n[nH]c(C)c3CCC[C@@H]2C1. The van der Waals surface area contributed by atoms with Gasteiger partial charge in [0.25, 0.3) is 0 Å². The molecular weight excluding hydrogens is 308 g/mol. The summed E-state index contributed by atoms with van der Waals surface area (Å²) in [6.45, 7) is 4.29. The Balaban J connectivity index is 1.81. The van der Waals surface area contributed by atoms with E-state index in [0.29, 0.717) is 5.92 Å². The molecule has 3 heteroatoms. The van der Waals surface area contributed by atoms with Gasteiger partial charge in [0.1, 0.15) is 0 Å². The summed E-state index contributed by atoms with van der Waals surface area (Å²) < 4.78 is 0. The molecule has 1 aromatic carbocycles. The van der Waals surface area contributed by atoms with Crippen molar-refractivity contribution in [3.05, 3.63) is 52.8 Å². The topological polar surface area (TPSA) is 48.9 Å². The maximum absolute atomic E-state index is 11.0. The van der Waals surface area contributed by atoms with Crippen molar-refractivity contribution < 1.29 is 5.11 Å². The number of hydrogen-bond acceptors (Lipinski definition) is 2. The number of H-pyrrole nitrogens is 1. The molecule has 2 aliphatic carbocycles. The van der Waals surface area contributed by atoms with E-state index in [1.54, 1.807) is 0 Å². The molecule has 3 nitrogen and oxygen atoms in total. The molecule has 1 heterocycles. The first-order valence-electron chi connectivity index (χ1n) is 9.87. The van der Waals surface area contributed by atoms with Crippen LogP contribution in [0.4, 0.5) is 0 Å². The average molecular weight is 338 g/mol. The lowest BCUT2D eigenvalue weighted by Crippen LogP contribution is -2.49. The Hall–Kier alpha value is -1.61. The summed E-state index contributed by atoms with van der Waals surface area (Å²) in [6, 6.07) is 10.9. The van der Waals surface area contributed by atoms with E-state index >= 15 is 0 Å². The largest absolute Gasteiger partial charge is 0.390 e. The third-order valence-corrected chi connectivity index (χ3v) is 6.99. The zero-order valence-corrected chi connectivity index (χ0v) is 15.5. The Kier molecular flexibility index (Phi) is 4.23. The molecule has 0 spiro atoms. The van der Waals surface area contributed by atoms with Crippen LogP contribution in [0.15, 0.2) is 30.3 Å². The van der Waals surface area contributed by atoms with Gasteiger partial charge in [-0.15, -0.1) is 0 Å². The van der Waals surface area contributed by atoms with Gasteiger partial charge in [-0.1, -0.05) is 37.3 Å². The van der Waals surface area contributed by atoms with E-state index in [0.717, 1.165) is 38.5 Å². The number of aryl methyl sites for hydroxylation is 1. The molecule has 1 aromatic heterocycles. The van der Waals surface area contributed by atoms with Gasteiger partial charge in [0.2, 0.25) is 0 Å². The van der Waals surface area contributed by atoms with Crippen LogP contribution in [0.3, 0.4) is 0 Å². The molecule has 2 N–H and O–H groups in total. The van der Waals surface area contributed by atoms with Crippen LogP contribution in [0.2, 0.25) is 0 Å². The van der Waals surface area contributed by atoms with Crippen molar-refractivity contribution in [1.29, 1.82) is 0 Å². The van der Waals surface area contributed by atoms with Gasteiger partial charge in [-0.3, -0.25) is 5.10 Å². The second-order valence-corrected chi connectivity index (χ2v) is 8.37. The first kappa shape index (κ1) is 16.8. The first-order chi connectivity index (χ1) is 12.1. The predicted molar refractivity (Wildman–Crippen MR) is 101 cm³/mol. The molecule has 2 aromatic rings. The van der Waals surface area contributed by atoms with E-state index in [9.17, 15) is 5.11 Å². The van der Waals surface area contributed by atoms with Gasteiger partial charge in [-0.05, 0) is 75.3 Å². The molecule has 2 aliphatic rings. The van der Waals surface area contributed by atoms with Crippen molar-refractivity contribution >= 4 is 0 Å². The number of nitrogens with zero attached hydrogens (tertiary/aromatic N) is 1. The van der Waals surface area contributed by atoms with Crippen molar-refractivity contribution in [3.63, 3.8) is 0 Å². The number of rotatable bonds is 3. The van der Waals surface area contributed by atoms with Gasteiger partial charge in [0.05, 0.1) is 11.3 Å². The van der Waals surface area contributed by atoms with E-state index in [4.69, 9.17) is 5.10 Å². The van der Waals surface area contributed by atoms with Crippen LogP contribution in [0.25, 0.3) is 0 Å². The lowest BCUT2D eigenvalue weighted by molar-refractivity contribution is -0.0506. The molecule has 0 radical (unpaired) electrons. The van der Waals surface area contributed by atoms with E-state index in [2.05, 4.69) is 49.3 Å². The summed E-state index contributed by atoms with van der Waals surface area (Å²) >= 11 is 0. The van der Waals surface area contributed by atoms with E-state index in [-0.39, 0.29) is 5.41 Å². The van der Waals surface area contributed by atoms with Crippen molar-refractivity contribution in [2.24, 2.45) is 5.92 Å². The Morgan fingerprint density at radius 1 is 1.24 bits per heavy atom. The summed E-state index contributed by atoms with van der Waals surface area (Å²) in [5, 5.41) is 19.1. The lowest BCUT2D eigenvalue weighted by atomic mass is 9.57. The molecule has 3 atom stereocenters. The second-order valence-electron chi connectivity index (χ2n) is 8.37. The monoisotopic (exact) mass is 338 g/mol. The Labute approximate surface area is 150 Å². The third kappa shape index (κ3) is 2.83. The highest BCUT2D eigenvalue weighted by molar-refractivity contribution is 5.37. The smallest absolute Gasteiger partial charge is 0.0724 e. The maximum Gasteiger partial charge on any atom is 0.0724 e. The molecular formula is C22H30N2O. The van der Waals surface area contributed by atoms with Crippen molar-refractivity contribution in [2.45, 2.75) is 76.2 Å². The van der Waals surface area contributed by atoms with Gasteiger partial charge in [-0.25, -0.2) is 0 Å². The number of nitrogens with one attached hydrogen (secondary N) is 1. The number of hydrogen-bond donors (Lipinski definition) is 2. The summed E-state index contributed by atoms with van der Waals surface area (Å²) in [4.78, 5) is 0. The van der Waals surface area contributed by atoms with Crippen LogP contribution in [0, 0.1) is 12.8 Å². The molecule has 0 aliphatic heterocycles. The standard InChI is InChI=1S/C22H30N2O/c1-3-21(25)12-13-22(14-17-8-5-4-6-9-17)18(15-21)10-7-11-19-16(2)23-24-20(19)22/h4-6,8-9,18,25H,3,7,10-15H2,1-2H3,(H,23,24)/t18-,21+,22-/m1/s1. The minimum atomic E-state index is -0.485. The molecule has 134 valence electrons. The van der Waals surface area contributed by atoms with E-state index in [1.807, 2.05) is 0 Å². The Bertz CT molecular complexity index is 738.